The van der Waals surface area contributed by atoms with Crippen LogP contribution < -0.4 is 10.6 Å². The zero-order valence-corrected chi connectivity index (χ0v) is 15.3. The molecule has 5 heteroatoms. The van der Waals surface area contributed by atoms with Gasteiger partial charge >= 0.3 is 0 Å². The van der Waals surface area contributed by atoms with Gasteiger partial charge < -0.3 is 10.6 Å². The summed E-state index contributed by atoms with van der Waals surface area (Å²) >= 11 is 5.34. The average Bonchev–Trinajstić information content (AvgIpc) is 2.68. The number of hydrogen-bond acceptors (Lipinski definition) is 3. The molecule has 130 valence electrons. The van der Waals surface area contributed by atoms with E-state index in [1.165, 1.54) is 11.1 Å². The fourth-order valence-electron chi connectivity index (χ4n) is 2.29. The Bertz CT molecular complexity index is 872. The van der Waals surface area contributed by atoms with Crippen molar-refractivity contribution in [1.29, 1.82) is 0 Å². The van der Waals surface area contributed by atoms with E-state index in [0.29, 0.717) is 11.7 Å². The predicted octanol–water partition coefficient (Wildman–Crippen LogP) is 5.90. The Morgan fingerprint density at radius 3 is 2.08 bits per heavy atom. The standard InChI is InChI=1S/C21H20N4S/c1-16-7-9-17(10-8-16)15-22-21(26)23-18-11-13-20(14-12-18)25-24-19-5-3-2-4-6-19/h2-14H,15H2,1H3,(H2,22,23,26). The van der Waals surface area contributed by atoms with Gasteiger partial charge in [-0.25, -0.2) is 0 Å². The van der Waals surface area contributed by atoms with Gasteiger partial charge in [-0.15, -0.1) is 0 Å². The SMILES string of the molecule is Cc1ccc(CNC(=S)Nc2ccc(N=Nc3ccccc3)cc2)cc1. The maximum Gasteiger partial charge on any atom is 0.171 e. The van der Waals surface area contributed by atoms with Gasteiger partial charge in [0.2, 0.25) is 0 Å². The van der Waals surface area contributed by atoms with Gasteiger partial charge in [0, 0.05) is 12.2 Å². The summed E-state index contributed by atoms with van der Waals surface area (Å²) in [5.41, 5.74) is 4.97. The minimum Gasteiger partial charge on any atom is -0.358 e. The Balaban J connectivity index is 1.51. The topological polar surface area (TPSA) is 48.8 Å². The van der Waals surface area contributed by atoms with Crippen LogP contribution in [-0.4, -0.2) is 5.11 Å². The summed E-state index contributed by atoms with van der Waals surface area (Å²) < 4.78 is 0. The summed E-state index contributed by atoms with van der Waals surface area (Å²) in [6, 6.07) is 25.7. The summed E-state index contributed by atoms with van der Waals surface area (Å²) in [5, 5.41) is 15.4. The van der Waals surface area contributed by atoms with Gasteiger partial charge in [-0.1, -0.05) is 48.0 Å². The Morgan fingerprint density at radius 2 is 1.42 bits per heavy atom. The fraction of sp³-hybridized carbons (Fsp3) is 0.0952. The highest BCUT2D eigenvalue weighted by atomic mass is 32.1. The van der Waals surface area contributed by atoms with Crippen molar-refractivity contribution in [2.75, 3.05) is 5.32 Å². The third-order valence-corrected chi connectivity index (χ3v) is 3.98. The molecule has 4 nitrogen and oxygen atoms in total. The second-order valence-electron chi connectivity index (χ2n) is 5.88. The van der Waals surface area contributed by atoms with Gasteiger partial charge in [0.05, 0.1) is 11.4 Å². The highest BCUT2D eigenvalue weighted by Crippen LogP contribution is 2.20. The van der Waals surface area contributed by atoms with Crippen LogP contribution in [0.15, 0.2) is 89.1 Å². The van der Waals surface area contributed by atoms with Gasteiger partial charge in [-0.2, -0.15) is 10.2 Å². The highest BCUT2D eigenvalue weighted by Gasteiger charge is 1.99. The molecule has 3 rings (SSSR count). The number of thiocarbonyl (C=S) groups is 1. The summed E-state index contributed by atoms with van der Waals surface area (Å²) in [7, 11) is 0. The van der Waals surface area contributed by atoms with E-state index < -0.39 is 0 Å². The molecule has 0 aliphatic carbocycles. The second-order valence-corrected chi connectivity index (χ2v) is 6.28. The molecule has 0 aliphatic rings. The number of rotatable bonds is 5. The van der Waals surface area contributed by atoms with Gasteiger partial charge in [-0.3, -0.25) is 0 Å². The number of nitrogens with one attached hydrogen (secondary N) is 2. The molecule has 0 unspecified atom stereocenters. The lowest BCUT2D eigenvalue weighted by atomic mass is 10.1. The first-order valence-electron chi connectivity index (χ1n) is 8.36. The van der Waals surface area contributed by atoms with Crippen molar-refractivity contribution >= 4 is 34.4 Å². The molecular weight excluding hydrogens is 340 g/mol. The van der Waals surface area contributed by atoms with Crippen LogP contribution in [0.2, 0.25) is 0 Å². The van der Waals surface area contributed by atoms with Crippen molar-refractivity contribution in [1.82, 2.24) is 5.32 Å². The Kier molecular flexibility index (Phi) is 6.06. The third kappa shape index (κ3) is 5.50. The van der Waals surface area contributed by atoms with Crippen LogP contribution in [0.4, 0.5) is 17.1 Å². The molecule has 2 N–H and O–H groups in total. The highest BCUT2D eigenvalue weighted by molar-refractivity contribution is 7.80. The lowest BCUT2D eigenvalue weighted by Gasteiger charge is -2.10. The van der Waals surface area contributed by atoms with E-state index in [1.807, 2.05) is 54.6 Å². The maximum absolute atomic E-state index is 5.34. The lowest BCUT2D eigenvalue weighted by Crippen LogP contribution is -2.27. The zero-order valence-electron chi connectivity index (χ0n) is 14.5. The number of hydrogen-bond donors (Lipinski definition) is 2. The Morgan fingerprint density at radius 1 is 0.808 bits per heavy atom. The molecule has 0 atom stereocenters. The van der Waals surface area contributed by atoms with Gasteiger partial charge in [0.15, 0.2) is 5.11 Å². The second kappa shape index (κ2) is 8.87. The van der Waals surface area contributed by atoms with E-state index in [2.05, 4.69) is 52.1 Å². The molecule has 0 saturated carbocycles. The third-order valence-electron chi connectivity index (χ3n) is 3.74. The number of anilines is 1. The summed E-state index contributed by atoms with van der Waals surface area (Å²) in [4.78, 5) is 0. The molecule has 0 fully saturated rings. The van der Waals surface area contributed by atoms with E-state index in [-0.39, 0.29) is 0 Å². The maximum atomic E-state index is 5.34. The average molecular weight is 360 g/mol. The molecule has 3 aromatic rings. The first kappa shape index (κ1) is 17.8. The Labute approximate surface area is 159 Å². The van der Waals surface area contributed by atoms with Gasteiger partial charge in [0.1, 0.15) is 0 Å². The normalized spacial score (nSPS) is 10.7. The number of azo groups is 1. The van der Waals surface area contributed by atoms with Crippen molar-refractivity contribution in [2.45, 2.75) is 13.5 Å². The van der Waals surface area contributed by atoms with Crippen LogP contribution in [0.3, 0.4) is 0 Å². The summed E-state index contributed by atoms with van der Waals surface area (Å²) in [6.45, 7) is 2.77. The van der Waals surface area contributed by atoms with Gasteiger partial charge in [-0.05, 0) is 61.1 Å². The number of aryl methyl sites for hydroxylation is 1. The van der Waals surface area contributed by atoms with Crippen LogP contribution in [0.1, 0.15) is 11.1 Å². The van der Waals surface area contributed by atoms with Crippen LogP contribution in [0.25, 0.3) is 0 Å². The monoisotopic (exact) mass is 360 g/mol. The first-order valence-corrected chi connectivity index (χ1v) is 8.77. The molecular formula is C21H20N4S. The zero-order chi connectivity index (χ0) is 18.2. The van der Waals surface area contributed by atoms with E-state index in [9.17, 15) is 0 Å². The summed E-state index contributed by atoms with van der Waals surface area (Å²) in [6.07, 6.45) is 0. The molecule has 0 aliphatic heterocycles. The van der Waals surface area contributed by atoms with E-state index in [0.717, 1.165) is 17.1 Å². The van der Waals surface area contributed by atoms with Crippen LogP contribution >= 0.6 is 12.2 Å². The van der Waals surface area contributed by atoms with Crippen LogP contribution in [0, 0.1) is 6.92 Å². The molecule has 3 aromatic carbocycles. The smallest absolute Gasteiger partial charge is 0.171 e. The fourth-order valence-corrected chi connectivity index (χ4v) is 2.48. The van der Waals surface area contributed by atoms with E-state index in [1.54, 1.807) is 0 Å². The molecule has 0 saturated heterocycles. The summed E-state index contributed by atoms with van der Waals surface area (Å²) in [5.74, 6) is 0. The molecule has 0 aromatic heterocycles. The van der Waals surface area contributed by atoms with Crippen molar-refractivity contribution in [3.63, 3.8) is 0 Å². The molecule has 0 heterocycles. The van der Waals surface area contributed by atoms with Crippen LogP contribution in [-0.2, 0) is 6.54 Å². The molecule has 26 heavy (non-hydrogen) atoms. The lowest BCUT2D eigenvalue weighted by molar-refractivity contribution is 0.925. The van der Waals surface area contributed by atoms with Crippen molar-refractivity contribution in [3.05, 3.63) is 90.0 Å². The quantitative estimate of drug-likeness (QED) is 0.440. The first-order chi connectivity index (χ1) is 12.7. The Hall–Kier alpha value is -3.05. The minimum atomic E-state index is 0.587. The largest absolute Gasteiger partial charge is 0.358 e. The van der Waals surface area contributed by atoms with E-state index >= 15 is 0 Å². The van der Waals surface area contributed by atoms with Crippen molar-refractivity contribution in [3.8, 4) is 0 Å². The van der Waals surface area contributed by atoms with E-state index in [4.69, 9.17) is 12.2 Å². The molecule has 0 spiro atoms. The number of nitrogens with zero attached hydrogens (tertiary/aromatic N) is 2. The predicted molar refractivity (Wildman–Crippen MR) is 111 cm³/mol. The molecule has 0 bridgehead atoms. The van der Waals surface area contributed by atoms with Gasteiger partial charge in [0.25, 0.3) is 0 Å². The molecule has 0 radical (unpaired) electrons. The van der Waals surface area contributed by atoms with Crippen molar-refractivity contribution in [2.24, 2.45) is 10.2 Å². The minimum absolute atomic E-state index is 0.587. The van der Waals surface area contributed by atoms with Crippen molar-refractivity contribution < 1.29 is 0 Å². The number of benzene rings is 3. The molecule has 0 amide bonds. The van der Waals surface area contributed by atoms with Crippen LogP contribution in [0.5, 0.6) is 0 Å².